The zero-order chi connectivity index (χ0) is 18.5. The molecule has 1 aromatic rings. The predicted octanol–water partition coefficient (Wildman–Crippen LogP) is 2.26. The van der Waals surface area contributed by atoms with Gasteiger partial charge in [0.1, 0.15) is 11.9 Å². The smallest absolute Gasteiger partial charge is 0.165 e. The van der Waals surface area contributed by atoms with Crippen molar-refractivity contribution >= 4 is 11.6 Å². The van der Waals surface area contributed by atoms with E-state index in [-0.39, 0.29) is 23.9 Å². The van der Waals surface area contributed by atoms with E-state index in [9.17, 15) is 4.79 Å². The van der Waals surface area contributed by atoms with Crippen molar-refractivity contribution < 1.29 is 14.3 Å². The molecule has 146 valence electrons. The van der Waals surface area contributed by atoms with Crippen LogP contribution in [0.4, 0.5) is 5.82 Å². The summed E-state index contributed by atoms with van der Waals surface area (Å²) in [6, 6.07) is 6.09. The van der Waals surface area contributed by atoms with Crippen molar-refractivity contribution in [3.05, 3.63) is 36.7 Å². The number of piperazine rings is 1. The summed E-state index contributed by atoms with van der Waals surface area (Å²) in [7, 11) is 0. The number of pyridine rings is 1. The maximum absolute atomic E-state index is 11.9. The van der Waals surface area contributed by atoms with Crippen LogP contribution < -0.4 is 4.90 Å². The summed E-state index contributed by atoms with van der Waals surface area (Å²) in [5.41, 5.74) is 0. The van der Waals surface area contributed by atoms with Crippen LogP contribution in [-0.4, -0.2) is 67.2 Å². The normalized spacial score (nSPS) is 28.7. The third kappa shape index (κ3) is 4.68. The average molecular weight is 371 g/mol. The van der Waals surface area contributed by atoms with Crippen LogP contribution in [0.1, 0.15) is 25.7 Å². The number of fused-ring (bicyclic) bond motifs is 1. The van der Waals surface area contributed by atoms with Gasteiger partial charge in [0, 0.05) is 58.0 Å². The number of ketones is 1. The number of allylic oxidation sites excluding steroid dienone is 1. The molecule has 0 N–H and O–H groups in total. The van der Waals surface area contributed by atoms with Gasteiger partial charge in [-0.2, -0.15) is 0 Å². The van der Waals surface area contributed by atoms with Crippen molar-refractivity contribution in [3.63, 3.8) is 0 Å². The van der Waals surface area contributed by atoms with Crippen molar-refractivity contribution in [2.45, 2.75) is 37.9 Å². The molecule has 3 aliphatic rings. The van der Waals surface area contributed by atoms with Crippen molar-refractivity contribution in [2.24, 2.45) is 5.92 Å². The van der Waals surface area contributed by atoms with E-state index in [1.807, 2.05) is 18.3 Å². The number of aromatic nitrogens is 1. The summed E-state index contributed by atoms with van der Waals surface area (Å²) in [6.07, 6.45) is 8.95. The molecular weight excluding hydrogens is 342 g/mol. The Morgan fingerprint density at radius 3 is 2.89 bits per heavy atom. The largest absolute Gasteiger partial charge is 0.497 e. The molecule has 3 atom stereocenters. The van der Waals surface area contributed by atoms with E-state index in [2.05, 4.69) is 20.9 Å². The number of hydrogen-bond acceptors (Lipinski definition) is 6. The van der Waals surface area contributed by atoms with Gasteiger partial charge in [-0.3, -0.25) is 9.69 Å². The highest BCUT2D eigenvalue weighted by molar-refractivity contribution is 5.92. The molecule has 2 fully saturated rings. The van der Waals surface area contributed by atoms with Crippen LogP contribution in [0, 0.1) is 5.92 Å². The molecule has 2 aliphatic heterocycles. The number of carbonyl (C=O) groups is 1. The van der Waals surface area contributed by atoms with E-state index in [1.54, 1.807) is 12.3 Å². The van der Waals surface area contributed by atoms with E-state index in [0.29, 0.717) is 0 Å². The molecule has 1 aromatic heterocycles. The molecule has 0 bridgehead atoms. The van der Waals surface area contributed by atoms with Gasteiger partial charge < -0.3 is 14.4 Å². The van der Waals surface area contributed by atoms with Crippen LogP contribution in [0.25, 0.3) is 0 Å². The Morgan fingerprint density at radius 1 is 1.19 bits per heavy atom. The predicted molar refractivity (Wildman–Crippen MR) is 104 cm³/mol. The van der Waals surface area contributed by atoms with E-state index in [4.69, 9.17) is 9.47 Å². The van der Waals surface area contributed by atoms with Crippen LogP contribution in [-0.2, 0) is 14.3 Å². The van der Waals surface area contributed by atoms with Crippen LogP contribution in [0.2, 0.25) is 0 Å². The third-order valence-electron chi connectivity index (χ3n) is 5.91. The van der Waals surface area contributed by atoms with Gasteiger partial charge in [-0.05, 0) is 31.4 Å². The van der Waals surface area contributed by atoms with Crippen molar-refractivity contribution in [1.29, 1.82) is 0 Å². The third-order valence-corrected chi connectivity index (χ3v) is 5.91. The summed E-state index contributed by atoms with van der Waals surface area (Å²) >= 11 is 0. The molecule has 6 nitrogen and oxygen atoms in total. The molecule has 6 heteroatoms. The first kappa shape index (κ1) is 18.4. The van der Waals surface area contributed by atoms with Gasteiger partial charge in [0.25, 0.3) is 0 Å². The summed E-state index contributed by atoms with van der Waals surface area (Å²) < 4.78 is 11.7. The molecule has 0 radical (unpaired) electrons. The Balaban J connectivity index is 1.12. The minimum Gasteiger partial charge on any atom is -0.497 e. The van der Waals surface area contributed by atoms with Gasteiger partial charge >= 0.3 is 0 Å². The standard InChI is InChI=1S/C21H29N3O3/c25-19-7-15-27-20-16-17(5-6-18(19)20)26-14-3-9-23-10-12-24(13-11-23)21-4-1-2-8-22-21/h1-2,4,7-8,15,17-18,20H,3,5-6,9-14,16H2. The second-order valence-corrected chi connectivity index (χ2v) is 7.66. The quantitative estimate of drug-likeness (QED) is 0.715. The van der Waals surface area contributed by atoms with Gasteiger partial charge in [0.05, 0.1) is 18.3 Å². The summed E-state index contributed by atoms with van der Waals surface area (Å²) in [6.45, 7) is 6.07. The fourth-order valence-corrected chi connectivity index (χ4v) is 4.33. The lowest BCUT2D eigenvalue weighted by atomic mass is 9.81. The first-order valence-electron chi connectivity index (χ1n) is 10.2. The number of anilines is 1. The first-order chi connectivity index (χ1) is 13.3. The molecule has 0 spiro atoms. The van der Waals surface area contributed by atoms with Crippen LogP contribution in [0.3, 0.4) is 0 Å². The molecule has 3 unspecified atom stereocenters. The molecule has 0 aromatic carbocycles. The maximum Gasteiger partial charge on any atom is 0.165 e. The minimum absolute atomic E-state index is 0.0147. The monoisotopic (exact) mass is 371 g/mol. The molecule has 4 rings (SSSR count). The summed E-state index contributed by atoms with van der Waals surface area (Å²) in [5, 5.41) is 0. The van der Waals surface area contributed by atoms with Crippen LogP contribution >= 0.6 is 0 Å². The Labute approximate surface area is 161 Å². The Hall–Kier alpha value is -1.92. The number of ether oxygens (including phenoxy) is 2. The number of carbonyl (C=O) groups excluding carboxylic acids is 1. The second kappa shape index (κ2) is 8.85. The van der Waals surface area contributed by atoms with Crippen molar-refractivity contribution in [3.8, 4) is 0 Å². The molecular formula is C21H29N3O3. The lowest BCUT2D eigenvalue weighted by Crippen LogP contribution is -2.47. The van der Waals surface area contributed by atoms with Crippen LogP contribution in [0.5, 0.6) is 0 Å². The maximum atomic E-state index is 11.9. The SMILES string of the molecule is O=C1C=COC2CC(OCCCN3CCN(c4ccccn4)CC3)CCC12. The zero-order valence-corrected chi connectivity index (χ0v) is 15.8. The molecule has 1 saturated heterocycles. The molecule has 27 heavy (non-hydrogen) atoms. The van der Waals surface area contributed by atoms with Crippen molar-refractivity contribution in [1.82, 2.24) is 9.88 Å². The molecule has 0 amide bonds. The van der Waals surface area contributed by atoms with Gasteiger partial charge in [-0.1, -0.05) is 6.07 Å². The summed E-state index contributed by atoms with van der Waals surface area (Å²) in [4.78, 5) is 21.2. The summed E-state index contributed by atoms with van der Waals surface area (Å²) in [5.74, 6) is 1.34. The minimum atomic E-state index is 0.0147. The Bertz CT molecular complexity index is 643. The molecule has 1 aliphatic carbocycles. The topological polar surface area (TPSA) is 54.9 Å². The van der Waals surface area contributed by atoms with Gasteiger partial charge in [-0.15, -0.1) is 0 Å². The fourth-order valence-electron chi connectivity index (χ4n) is 4.33. The van der Waals surface area contributed by atoms with Gasteiger partial charge in [0.2, 0.25) is 0 Å². The number of nitrogens with zero attached hydrogens (tertiary/aromatic N) is 3. The fraction of sp³-hybridized carbons (Fsp3) is 0.619. The van der Waals surface area contributed by atoms with Gasteiger partial charge in [-0.25, -0.2) is 4.98 Å². The van der Waals surface area contributed by atoms with Crippen molar-refractivity contribution in [2.75, 3.05) is 44.2 Å². The lowest BCUT2D eigenvalue weighted by Gasteiger charge is -2.36. The molecule has 3 heterocycles. The van der Waals surface area contributed by atoms with E-state index in [1.165, 1.54) is 0 Å². The van der Waals surface area contributed by atoms with E-state index in [0.717, 1.165) is 70.8 Å². The van der Waals surface area contributed by atoms with E-state index < -0.39 is 0 Å². The highest BCUT2D eigenvalue weighted by Crippen LogP contribution is 2.32. The molecule has 1 saturated carbocycles. The first-order valence-corrected chi connectivity index (χ1v) is 10.2. The highest BCUT2D eigenvalue weighted by Gasteiger charge is 2.37. The Morgan fingerprint density at radius 2 is 2.07 bits per heavy atom. The number of hydrogen-bond donors (Lipinski definition) is 0. The lowest BCUT2D eigenvalue weighted by molar-refractivity contribution is -0.129. The highest BCUT2D eigenvalue weighted by atomic mass is 16.5. The number of rotatable bonds is 6. The average Bonchev–Trinajstić information content (AvgIpc) is 2.72. The Kier molecular flexibility index (Phi) is 6.04. The van der Waals surface area contributed by atoms with Crippen LogP contribution in [0.15, 0.2) is 36.7 Å². The zero-order valence-electron chi connectivity index (χ0n) is 15.8. The van der Waals surface area contributed by atoms with E-state index >= 15 is 0 Å². The van der Waals surface area contributed by atoms with Gasteiger partial charge in [0.15, 0.2) is 5.78 Å². The second-order valence-electron chi connectivity index (χ2n) is 7.66.